The molecule has 2 aromatic carbocycles. The first-order chi connectivity index (χ1) is 13.6. The highest BCUT2D eigenvalue weighted by Crippen LogP contribution is 2.34. The molecule has 1 heterocycles. The first-order valence-electron chi connectivity index (χ1n) is 8.64. The van der Waals surface area contributed by atoms with Crippen LogP contribution in [0.3, 0.4) is 0 Å². The van der Waals surface area contributed by atoms with E-state index >= 15 is 0 Å². The lowest BCUT2D eigenvalue weighted by Crippen LogP contribution is -1.99. The number of nitrogens with one attached hydrogen (secondary N) is 1. The SMILES string of the molecule is COc1ccc2nc(C)cc(N/N=C/c3cc(OC)c(OC)cc3OC)c2c1. The molecule has 7 heteroatoms. The van der Waals surface area contributed by atoms with Crippen LogP contribution in [0.5, 0.6) is 23.0 Å². The second-order valence-electron chi connectivity index (χ2n) is 6.01. The number of nitrogens with zero attached hydrogens (tertiary/aromatic N) is 2. The third-order valence-electron chi connectivity index (χ3n) is 4.27. The van der Waals surface area contributed by atoms with Gasteiger partial charge in [0.25, 0.3) is 0 Å². The number of aromatic nitrogens is 1. The third-order valence-corrected chi connectivity index (χ3v) is 4.27. The number of rotatable bonds is 7. The van der Waals surface area contributed by atoms with Gasteiger partial charge in [0.1, 0.15) is 11.5 Å². The molecule has 0 amide bonds. The first-order valence-corrected chi connectivity index (χ1v) is 8.64. The summed E-state index contributed by atoms with van der Waals surface area (Å²) in [6.07, 6.45) is 1.67. The highest BCUT2D eigenvalue weighted by molar-refractivity contribution is 5.93. The van der Waals surface area contributed by atoms with Crippen LogP contribution in [-0.2, 0) is 0 Å². The Morgan fingerprint density at radius 2 is 1.57 bits per heavy atom. The fraction of sp³-hybridized carbons (Fsp3) is 0.238. The highest BCUT2D eigenvalue weighted by atomic mass is 16.5. The normalized spacial score (nSPS) is 10.9. The minimum absolute atomic E-state index is 0.590. The zero-order valence-electron chi connectivity index (χ0n) is 16.6. The molecule has 1 aromatic heterocycles. The van der Waals surface area contributed by atoms with Crippen LogP contribution >= 0.6 is 0 Å². The van der Waals surface area contributed by atoms with Gasteiger partial charge in [-0.1, -0.05) is 0 Å². The molecule has 0 aliphatic carbocycles. The van der Waals surface area contributed by atoms with Crippen molar-refractivity contribution in [1.29, 1.82) is 0 Å². The maximum atomic E-state index is 5.43. The van der Waals surface area contributed by atoms with Gasteiger partial charge in [0, 0.05) is 22.7 Å². The van der Waals surface area contributed by atoms with Crippen molar-refractivity contribution in [2.75, 3.05) is 33.9 Å². The van der Waals surface area contributed by atoms with Crippen LogP contribution in [0.25, 0.3) is 10.9 Å². The van der Waals surface area contributed by atoms with E-state index in [0.717, 1.165) is 33.6 Å². The van der Waals surface area contributed by atoms with E-state index in [1.165, 1.54) is 0 Å². The Morgan fingerprint density at radius 1 is 0.857 bits per heavy atom. The minimum atomic E-state index is 0.590. The van der Waals surface area contributed by atoms with Crippen LogP contribution in [0, 0.1) is 6.92 Å². The van der Waals surface area contributed by atoms with E-state index in [1.54, 1.807) is 40.7 Å². The quantitative estimate of drug-likeness (QED) is 0.492. The van der Waals surface area contributed by atoms with Gasteiger partial charge < -0.3 is 18.9 Å². The zero-order chi connectivity index (χ0) is 20.1. The molecule has 0 spiro atoms. The molecular weight excluding hydrogens is 358 g/mol. The maximum Gasteiger partial charge on any atom is 0.164 e. The molecule has 0 atom stereocenters. The van der Waals surface area contributed by atoms with Crippen molar-refractivity contribution in [1.82, 2.24) is 4.98 Å². The summed E-state index contributed by atoms with van der Waals surface area (Å²) in [7, 11) is 6.40. The maximum absolute atomic E-state index is 5.43. The summed E-state index contributed by atoms with van der Waals surface area (Å²) in [4.78, 5) is 4.55. The number of anilines is 1. The molecule has 0 fully saturated rings. The van der Waals surface area contributed by atoms with E-state index < -0.39 is 0 Å². The van der Waals surface area contributed by atoms with Gasteiger partial charge in [0.2, 0.25) is 0 Å². The number of aryl methyl sites for hydroxylation is 1. The van der Waals surface area contributed by atoms with Crippen molar-refractivity contribution in [2.45, 2.75) is 6.92 Å². The Labute approximate surface area is 163 Å². The van der Waals surface area contributed by atoms with Gasteiger partial charge in [0.15, 0.2) is 11.5 Å². The standard InChI is InChI=1S/C21H23N3O4/c1-13-8-18(16-10-15(25-2)6-7-17(16)23-13)24-22-12-14-9-20(27-4)21(28-5)11-19(14)26-3/h6-12H,1-5H3,(H,23,24)/b22-12+. The van der Waals surface area contributed by atoms with Gasteiger partial charge in [-0.05, 0) is 37.3 Å². The van der Waals surface area contributed by atoms with Crippen LogP contribution in [0.4, 0.5) is 5.69 Å². The zero-order valence-corrected chi connectivity index (χ0v) is 16.6. The molecule has 0 saturated carbocycles. The number of ether oxygens (including phenoxy) is 4. The number of benzene rings is 2. The van der Waals surface area contributed by atoms with Crippen LogP contribution in [0.1, 0.15) is 11.3 Å². The van der Waals surface area contributed by atoms with Gasteiger partial charge in [-0.15, -0.1) is 0 Å². The molecule has 0 aliphatic heterocycles. The molecule has 3 aromatic rings. The van der Waals surface area contributed by atoms with E-state index in [2.05, 4.69) is 15.5 Å². The van der Waals surface area contributed by atoms with Crippen molar-refractivity contribution >= 4 is 22.8 Å². The number of methoxy groups -OCH3 is 4. The Balaban J connectivity index is 1.95. The van der Waals surface area contributed by atoms with E-state index in [0.29, 0.717) is 17.2 Å². The lowest BCUT2D eigenvalue weighted by Gasteiger charge is -2.12. The minimum Gasteiger partial charge on any atom is -0.497 e. The predicted molar refractivity (Wildman–Crippen MR) is 110 cm³/mol. The summed E-state index contributed by atoms with van der Waals surface area (Å²) in [5.74, 6) is 2.57. The number of hydrogen-bond donors (Lipinski definition) is 1. The summed E-state index contributed by atoms with van der Waals surface area (Å²) >= 11 is 0. The van der Waals surface area contributed by atoms with Gasteiger partial charge in [-0.2, -0.15) is 5.10 Å². The average Bonchev–Trinajstić information content (AvgIpc) is 2.72. The van der Waals surface area contributed by atoms with E-state index in [4.69, 9.17) is 18.9 Å². The molecular formula is C21H23N3O4. The van der Waals surface area contributed by atoms with E-state index in [9.17, 15) is 0 Å². The van der Waals surface area contributed by atoms with Crippen molar-refractivity contribution in [3.63, 3.8) is 0 Å². The lowest BCUT2D eigenvalue weighted by molar-refractivity contribution is 0.349. The van der Waals surface area contributed by atoms with Gasteiger partial charge >= 0.3 is 0 Å². The largest absolute Gasteiger partial charge is 0.497 e. The van der Waals surface area contributed by atoms with Crippen LogP contribution in [-0.4, -0.2) is 39.6 Å². The van der Waals surface area contributed by atoms with Crippen molar-refractivity contribution in [2.24, 2.45) is 5.10 Å². The summed E-state index contributed by atoms with van der Waals surface area (Å²) < 4.78 is 21.4. The van der Waals surface area contributed by atoms with Crippen molar-refractivity contribution in [3.05, 3.63) is 47.7 Å². The van der Waals surface area contributed by atoms with Crippen molar-refractivity contribution in [3.8, 4) is 23.0 Å². The summed E-state index contributed by atoms with van der Waals surface area (Å²) in [6, 6.07) is 11.2. The van der Waals surface area contributed by atoms with Gasteiger partial charge in [-0.3, -0.25) is 10.4 Å². The third kappa shape index (κ3) is 3.93. The Hall–Kier alpha value is -3.48. The predicted octanol–water partition coefficient (Wildman–Crippen LogP) is 4.02. The Kier molecular flexibility index (Phi) is 5.84. The summed E-state index contributed by atoms with van der Waals surface area (Å²) in [5.41, 5.74) is 6.42. The van der Waals surface area contributed by atoms with Gasteiger partial charge in [-0.25, -0.2) is 0 Å². The van der Waals surface area contributed by atoms with E-state index in [1.807, 2.05) is 37.3 Å². The van der Waals surface area contributed by atoms with Crippen molar-refractivity contribution < 1.29 is 18.9 Å². The van der Waals surface area contributed by atoms with Gasteiger partial charge in [0.05, 0.1) is 45.9 Å². The Bertz CT molecular complexity index is 1020. The fourth-order valence-corrected chi connectivity index (χ4v) is 2.88. The number of pyridine rings is 1. The van der Waals surface area contributed by atoms with Crippen LogP contribution in [0.15, 0.2) is 41.5 Å². The monoisotopic (exact) mass is 381 g/mol. The molecule has 0 aliphatic rings. The molecule has 3 rings (SSSR count). The topological polar surface area (TPSA) is 74.2 Å². The number of hydrogen-bond acceptors (Lipinski definition) is 7. The Morgan fingerprint density at radius 3 is 2.25 bits per heavy atom. The second-order valence-corrected chi connectivity index (χ2v) is 6.01. The van der Waals surface area contributed by atoms with E-state index in [-0.39, 0.29) is 0 Å². The highest BCUT2D eigenvalue weighted by Gasteiger charge is 2.11. The average molecular weight is 381 g/mol. The number of hydrazone groups is 1. The lowest BCUT2D eigenvalue weighted by atomic mass is 10.1. The molecule has 0 radical (unpaired) electrons. The smallest absolute Gasteiger partial charge is 0.164 e. The molecule has 28 heavy (non-hydrogen) atoms. The summed E-state index contributed by atoms with van der Waals surface area (Å²) in [5, 5.41) is 5.30. The second kappa shape index (κ2) is 8.47. The first kappa shape index (κ1) is 19.3. The molecule has 0 unspecified atom stereocenters. The molecule has 0 bridgehead atoms. The molecule has 0 saturated heterocycles. The van der Waals surface area contributed by atoms with Crippen LogP contribution < -0.4 is 24.4 Å². The summed E-state index contributed by atoms with van der Waals surface area (Å²) in [6.45, 7) is 1.94. The molecule has 7 nitrogen and oxygen atoms in total. The molecule has 146 valence electrons. The molecule has 1 N–H and O–H groups in total. The number of fused-ring (bicyclic) bond motifs is 1. The fourth-order valence-electron chi connectivity index (χ4n) is 2.88. The van der Waals surface area contributed by atoms with Crippen LogP contribution in [0.2, 0.25) is 0 Å².